The van der Waals surface area contributed by atoms with E-state index in [0.29, 0.717) is 11.3 Å². The van der Waals surface area contributed by atoms with E-state index < -0.39 is 16.9 Å². The van der Waals surface area contributed by atoms with Gasteiger partial charge in [-0.1, -0.05) is 15.9 Å². The molecule has 0 amide bonds. The lowest BCUT2D eigenvalue weighted by Crippen LogP contribution is -2.50. The van der Waals surface area contributed by atoms with E-state index in [4.69, 9.17) is 5.26 Å². The summed E-state index contributed by atoms with van der Waals surface area (Å²) in [5, 5.41) is 21.6. The quantitative estimate of drug-likeness (QED) is 0.887. The van der Waals surface area contributed by atoms with Crippen LogP contribution in [0.2, 0.25) is 0 Å². The van der Waals surface area contributed by atoms with E-state index in [-0.39, 0.29) is 0 Å². The molecule has 0 spiro atoms. The molecule has 0 radical (unpaired) electrons. The largest absolute Gasteiger partial charge is 0.481 e. The highest BCUT2D eigenvalue weighted by Gasteiger charge is 2.43. The number of hydrogen-bond donors (Lipinski definition) is 2. The predicted octanol–water partition coefficient (Wildman–Crippen LogP) is 3.62. The van der Waals surface area contributed by atoms with Crippen LogP contribution in [0.15, 0.2) is 22.7 Å². The molecule has 2 N–H and O–H groups in total. The van der Waals surface area contributed by atoms with E-state index in [1.165, 1.54) is 0 Å². The minimum Gasteiger partial charge on any atom is -0.481 e. The summed E-state index contributed by atoms with van der Waals surface area (Å²) in [6.45, 7) is 6.94. The Morgan fingerprint density at radius 3 is 2.42 bits per heavy atom. The van der Waals surface area contributed by atoms with Gasteiger partial charge in [0, 0.05) is 10.0 Å². The molecule has 0 heterocycles. The van der Waals surface area contributed by atoms with Crippen molar-refractivity contribution in [3.8, 4) is 6.07 Å². The lowest BCUT2D eigenvalue weighted by atomic mass is 9.74. The van der Waals surface area contributed by atoms with Crippen LogP contribution in [-0.4, -0.2) is 16.6 Å². The zero-order valence-corrected chi connectivity index (χ0v) is 13.0. The number of carbonyl (C=O) groups is 1. The van der Waals surface area contributed by atoms with Gasteiger partial charge < -0.3 is 10.4 Å². The number of anilines is 1. The fourth-order valence-electron chi connectivity index (χ4n) is 1.48. The molecule has 5 heteroatoms. The molecule has 0 fully saturated rings. The average Bonchev–Trinajstić information content (AvgIpc) is 2.30. The van der Waals surface area contributed by atoms with Crippen molar-refractivity contribution in [1.82, 2.24) is 0 Å². The van der Waals surface area contributed by atoms with Crippen molar-refractivity contribution >= 4 is 27.6 Å². The fourth-order valence-corrected chi connectivity index (χ4v) is 1.84. The van der Waals surface area contributed by atoms with Crippen molar-refractivity contribution in [2.45, 2.75) is 33.2 Å². The standard InChI is InChI=1S/C14H17BrN2O2/c1-13(2,12(18)19)14(3,4)17-11-6-5-10(15)7-9(11)8-16/h5-7,17H,1-4H3,(H,18,19). The Balaban J connectivity index is 3.16. The Kier molecular flexibility index (Phi) is 4.26. The number of halogens is 1. The molecular formula is C14H17BrN2O2. The maximum atomic E-state index is 11.4. The smallest absolute Gasteiger partial charge is 0.311 e. The lowest BCUT2D eigenvalue weighted by molar-refractivity contribution is -0.149. The van der Waals surface area contributed by atoms with Crippen molar-refractivity contribution in [2.24, 2.45) is 5.41 Å². The third-order valence-corrected chi connectivity index (χ3v) is 4.14. The van der Waals surface area contributed by atoms with Gasteiger partial charge in [-0.05, 0) is 45.9 Å². The summed E-state index contributed by atoms with van der Waals surface area (Å²) in [6, 6.07) is 7.38. The number of nitrogens with one attached hydrogen (secondary N) is 1. The average molecular weight is 325 g/mol. The minimum atomic E-state index is -0.979. The highest BCUT2D eigenvalue weighted by Crippen LogP contribution is 2.35. The van der Waals surface area contributed by atoms with Gasteiger partial charge in [0.05, 0.1) is 16.7 Å². The summed E-state index contributed by atoms with van der Waals surface area (Å²) < 4.78 is 0.810. The van der Waals surface area contributed by atoms with Gasteiger partial charge in [-0.2, -0.15) is 5.26 Å². The van der Waals surface area contributed by atoms with E-state index in [1.807, 2.05) is 19.9 Å². The third-order valence-electron chi connectivity index (χ3n) is 3.65. The molecular weight excluding hydrogens is 308 g/mol. The molecule has 4 nitrogen and oxygen atoms in total. The molecule has 0 aromatic heterocycles. The van der Waals surface area contributed by atoms with Crippen LogP contribution in [0.1, 0.15) is 33.3 Å². The molecule has 0 saturated heterocycles. The topological polar surface area (TPSA) is 73.1 Å². The second kappa shape index (κ2) is 5.22. The zero-order chi connectivity index (χ0) is 14.8. The molecule has 0 saturated carbocycles. The summed E-state index contributed by atoms with van der Waals surface area (Å²) in [4.78, 5) is 11.4. The van der Waals surface area contributed by atoms with Crippen LogP contribution in [0.4, 0.5) is 5.69 Å². The van der Waals surface area contributed by atoms with Gasteiger partial charge in [-0.25, -0.2) is 0 Å². The summed E-state index contributed by atoms with van der Waals surface area (Å²) in [5.41, 5.74) is -0.584. The van der Waals surface area contributed by atoms with Crippen molar-refractivity contribution < 1.29 is 9.90 Å². The van der Waals surface area contributed by atoms with E-state index in [0.717, 1.165) is 4.47 Å². The van der Waals surface area contributed by atoms with Gasteiger partial charge in [0.15, 0.2) is 0 Å². The molecule has 1 rings (SSSR count). The Labute approximate surface area is 121 Å². The molecule has 19 heavy (non-hydrogen) atoms. The third kappa shape index (κ3) is 3.07. The summed E-state index contributed by atoms with van der Waals surface area (Å²) in [6.07, 6.45) is 0. The van der Waals surface area contributed by atoms with Gasteiger partial charge >= 0.3 is 5.97 Å². The minimum absolute atomic E-state index is 0.476. The van der Waals surface area contributed by atoms with Gasteiger partial charge in [0.2, 0.25) is 0 Å². The van der Waals surface area contributed by atoms with Crippen LogP contribution >= 0.6 is 15.9 Å². The number of benzene rings is 1. The van der Waals surface area contributed by atoms with E-state index in [9.17, 15) is 9.90 Å². The summed E-state index contributed by atoms with van der Waals surface area (Å²) in [5.74, 6) is -0.888. The number of nitriles is 1. The number of rotatable bonds is 4. The highest BCUT2D eigenvalue weighted by molar-refractivity contribution is 9.10. The molecule has 1 aromatic rings. The first kappa shape index (κ1) is 15.5. The number of aliphatic carboxylic acids is 1. The van der Waals surface area contributed by atoms with Crippen LogP contribution in [0.5, 0.6) is 0 Å². The first-order valence-electron chi connectivity index (χ1n) is 5.83. The first-order valence-corrected chi connectivity index (χ1v) is 6.62. The predicted molar refractivity (Wildman–Crippen MR) is 78.0 cm³/mol. The summed E-state index contributed by atoms with van der Waals surface area (Å²) >= 11 is 3.31. The van der Waals surface area contributed by atoms with Crippen LogP contribution in [-0.2, 0) is 4.79 Å². The van der Waals surface area contributed by atoms with Crippen molar-refractivity contribution in [3.63, 3.8) is 0 Å². The van der Waals surface area contributed by atoms with Gasteiger partial charge in [-0.3, -0.25) is 4.79 Å². The van der Waals surface area contributed by atoms with E-state index in [2.05, 4.69) is 27.3 Å². The number of carboxylic acid groups (broad SMARTS) is 1. The SMILES string of the molecule is CC(C)(Nc1ccc(Br)cc1C#N)C(C)(C)C(=O)O. The number of nitrogens with zero attached hydrogens (tertiary/aromatic N) is 1. The monoisotopic (exact) mass is 324 g/mol. The molecule has 0 atom stereocenters. The maximum absolute atomic E-state index is 11.4. The van der Waals surface area contributed by atoms with Gasteiger partial charge in [0.1, 0.15) is 6.07 Å². The fraction of sp³-hybridized carbons (Fsp3) is 0.429. The first-order chi connectivity index (χ1) is 8.61. The van der Waals surface area contributed by atoms with Crippen LogP contribution in [0.3, 0.4) is 0 Å². The lowest BCUT2D eigenvalue weighted by Gasteiger charge is -2.39. The van der Waals surface area contributed by atoms with Gasteiger partial charge in [0.25, 0.3) is 0 Å². The molecule has 0 aliphatic rings. The van der Waals surface area contributed by atoms with Crippen molar-refractivity contribution in [2.75, 3.05) is 5.32 Å². The molecule has 1 aromatic carbocycles. The van der Waals surface area contributed by atoms with Crippen LogP contribution in [0.25, 0.3) is 0 Å². The maximum Gasteiger partial charge on any atom is 0.311 e. The van der Waals surface area contributed by atoms with Crippen LogP contribution in [0, 0.1) is 16.7 Å². The Hall–Kier alpha value is -1.54. The number of carboxylic acids is 1. The van der Waals surface area contributed by atoms with Crippen LogP contribution < -0.4 is 5.32 Å². The molecule has 0 aliphatic heterocycles. The molecule has 102 valence electrons. The van der Waals surface area contributed by atoms with Crippen molar-refractivity contribution in [3.05, 3.63) is 28.2 Å². The number of hydrogen-bond acceptors (Lipinski definition) is 3. The second-order valence-electron chi connectivity index (χ2n) is 5.48. The highest BCUT2D eigenvalue weighted by atomic mass is 79.9. The summed E-state index contributed by atoms with van der Waals surface area (Å²) in [7, 11) is 0. The molecule has 0 bridgehead atoms. The normalized spacial score (nSPS) is 11.8. The van der Waals surface area contributed by atoms with E-state index in [1.54, 1.807) is 26.0 Å². The molecule has 0 aliphatic carbocycles. The Morgan fingerprint density at radius 2 is 1.95 bits per heavy atom. The molecule has 0 unspecified atom stereocenters. The van der Waals surface area contributed by atoms with Crippen molar-refractivity contribution in [1.29, 1.82) is 5.26 Å². The Morgan fingerprint density at radius 1 is 1.37 bits per heavy atom. The Bertz CT molecular complexity index is 545. The van der Waals surface area contributed by atoms with Gasteiger partial charge in [-0.15, -0.1) is 0 Å². The second-order valence-corrected chi connectivity index (χ2v) is 6.40. The zero-order valence-electron chi connectivity index (χ0n) is 11.4. The van der Waals surface area contributed by atoms with E-state index >= 15 is 0 Å².